The van der Waals surface area contributed by atoms with Crippen molar-refractivity contribution in [1.29, 1.82) is 0 Å². The number of pyridine rings is 1. The molecular formula is C23H23F3N4O4. The number of halogens is 3. The van der Waals surface area contributed by atoms with E-state index in [-0.39, 0.29) is 41.2 Å². The predicted molar refractivity (Wildman–Crippen MR) is 115 cm³/mol. The number of rotatable bonds is 5. The zero-order valence-corrected chi connectivity index (χ0v) is 18.8. The number of methoxy groups -OCH3 is 1. The molecule has 1 amide bonds. The van der Waals surface area contributed by atoms with Crippen LogP contribution in [0.15, 0.2) is 36.7 Å². The van der Waals surface area contributed by atoms with E-state index in [4.69, 9.17) is 9.47 Å². The van der Waals surface area contributed by atoms with Crippen LogP contribution < -0.4 is 9.47 Å². The highest BCUT2D eigenvalue weighted by Gasteiger charge is 2.39. The van der Waals surface area contributed by atoms with E-state index in [1.807, 2.05) is 0 Å². The number of nitrogens with zero attached hydrogens (tertiary/aromatic N) is 4. The van der Waals surface area contributed by atoms with Crippen LogP contribution in [0.3, 0.4) is 0 Å². The third-order valence-electron chi connectivity index (χ3n) is 5.67. The van der Waals surface area contributed by atoms with E-state index >= 15 is 0 Å². The van der Waals surface area contributed by atoms with Gasteiger partial charge in [-0.3, -0.25) is 14.5 Å². The Kier molecular flexibility index (Phi) is 6.22. The van der Waals surface area contributed by atoms with Crippen LogP contribution in [-0.2, 0) is 19.8 Å². The minimum absolute atomic E-state index is 0.0222. The quantitative estimate of drug-likeness (QED) is 0.605. The summed E-state index contributed by atoms with van der Waals surface area (Å²) in [7, 11) is 2.90. The van der Waals surface area contributed by atoms with Crippen LogP contribution in [0, 0.1) is 0 Å². The lowest BCUT2D eigenvalue weighted by Crippen LogP contribution is -2.35. The molecule has 0 fully saturated rings. The van der Waals surface area contributed by atoms with Gasteiger partial charge in [-0.1, -0.05) is 0 Å². The number of benzene rings is 1. The smallest absolute Gasteiger partial charge is 0.435 e. The van der Waals surface area contributed by atoms with Gasteiger partial charge in [0.05, 0.1) is 37.6 Å². The standard InChI is InChI=1S/C23H23F3N4O4/c1-13(19-10-15(33-3)4-5-27-19)30-6-7-34-20-16(8-14(12-31)9-17(20)22(30)32)18-11-29(2)28-21(18)23(24,25)26/h4-5,8-11,13,31H,6-7,12H2,1-3H3/t13-/m0/s1. The molecule has 1 N–H and O–H groups in total. The number of carbonyl (C=O) groups is 1. The average molecular weight is 476 g/mol. The van der Waals surface area contributed by atoms with Gasteiger partial charge in [-0.15, -0.1) is 0 Å². The van der Waals surface area contributed by atoms with E-state index in [1.165, 1.54) is 37.4 Å². The van der Waals surface area contributed by atoms with E-state index in [1.54, 1.807) is 25.3 Å². The molecule has 11 heteroatoms. The molecule has 8 nitrogen and oxygen atoms in total. The third-order valence-corrected chi connectivity index (χ3v) is 5.67. The van der Waals surface area contributed by atoms with Gasteiger partial charge in [-0.05, 0) is 30.7 Å². The lowest BCUT2D eigenvalue weighted by molar-refractivity contribution is -0.140. The Balaban J connectivity index is 1.83. The second-order valence-electron chi connectivity index (χ2n) is 7.88. The predicted octanol–water partition coefficient (Wildman–Crippen LogP) is 3.60. The monoisotopic (exact) mass is 476 g/mol. The highest BCUT2D eigenvalue weighted by Crippen LogP contribution is 2.43. The third kappa shape index (κ3) is 4.30. The van der Waals surface area contributed by atoms with Crippen molar-refractivity contribution in [2.24, 2.45) is 7.05 Å². The molecular weight excluding hydrogens is 453 g/mol. The maximum absolute atomic E-state index is 13.7. The molecule has 0 saturated carbocycles. The Labute approximate surface area is 193 Å². The second kappa shape index (κ2) is 8.98. The summed E-state index contributed by atoms with van der Waals surface area (Å²) in [6.45, 7) is 1.56. The lowest BCUT2D eigenvalue weighted by Gasteiger charge is -2.27. The molecule has 2 aromatic heterocycles. The van der Waals surface area contributed by atoms with Crippen LogP contribution in [0.4, 0.5) is 13.2 Å². The molecule has 4 rings (SSSR count). The molecule has 0 radical (unpaired) electrons. The van der Waals surface area contributed by atoms with E-state index < -0.39 is 30.4 Å². The number of fused-ring (bicyclic) bond motifs is 1. The van der Waals surface area contributed by atoms with E-state index in [2.05, 4.69) is 10.1 Å². The molecule has 0 spiro atoms. The fourth-order valence-electron chi connectivity index (χ4n) is 4.00. The van der Waals surface area contributed by atoms with Gasteiger partial charge in [0.1, 0.15) is 18.1 Å². The van der Waals surface area contributed by atoms with Gasteiger partial charge < -0.3 is 19.5 Å². The molecule has 34 heavy (non-hydrogen) atoms. The van der Waals surface area contributed by atoms with Crippen molar-refractivity contribution in [2.75, 3.05) is 20.3 Å². The van der Waals surface area contributed by atoms with E-state index in [9.17, 15) is 23.1 Å². The van der Waals surface area contributed by atoms with Gasteiger partial charge in [0.15, 0.2) is 5.69 Å². The highest BCUT2D eigenvalue weighted by atomic mass is 19.4. The first-order chi connectivity index (χ1) is 16.1. The fourth-order valence-corrected chi connectivity index (χ4v) is 4.00. The Morgan fingerprint density at radius 1 is 1.24 bits per heavy atom. The van der Waals surface area contributed by atoms with Crippen LogP contribution in [-0.4, -0.2) is 50.9 Å². The molecule has 1 aromatic carbocycles. The number of aromatic nitrogens is 3. The molecule has 0 aliphatic carbocycles. The summed E-state index contributed by atoms with van der Waals surface area (Å²) in [5.41, 5.74) is -0.364. The van der Waals surface area contributed by atoms with Crippen molar-refractivity contribution in [3.63, 3.8) is 0 Å². The number of hydrogen-bond donors (Lipinski definition) is 1. The Morgan fingerprint density at radius 3 is 2.65 bits per heavy atom. The van der Waals surface area contributed by atoms with Crippen LogP contribution in [0.5, 0.6) is 11.5 Å². The van der Waals surface area contributed by atoms with Crippen LogP contribution >= 0.6 is 0 Å². The number of alkyl halides is 3. The SMILES string of the molecule is COc1ccnc([C@H](C)N2CCOc3c(cc(CO)cc3-c3cn(C)nc3C(F)(F)F)C2=O)c1. The Hall–Kier alpha value is -3.60. The first-order valence-corrected chi connectivity index (χ1v) is 10.5. The lowest BCUT2D eigenvalue weighted by atomic mass is 9.97. The Bertz CT molecular complexity index is 1230. The van der Waals surface area contributed by atoms with Gasteiger partial charge in [0, 0.05) is 36.6 Å². The van der Waals surface area contributed by atoms with E-state index in [0.29, 0.717) is 11.4 Å². The number of ether oxygens (including phenoxy) is 2. The number of carbonyl (C=O) groups excluding carboxylic acids is 1. The summed E-state index contributed by atoms with van der Waals surface area (Å²) < 4.78 is 53.2. The number of aryl methyl sites for hydroxylation is 1. The normalized spacial score (nSPS) is 14.9. The van der Waals surface area contributed by atoms with Gasteiger partial charge in [0.25, 0.3) is 5.91 Å². The maximum Gasteiger partial charge on any atom is 0.435 e. The summed E-state index contributed by atoms with van der Waals surface area (Å²) >= 11 is 0. The zero-order chi connectivity index (χ0) is 24.6. The largest absolute Gasteiger partial charge is 0.497 e. The van der Waals surface area contributed by atoms with Crippen molar-refractivity contribution in [2.45, 2.75) is 25.7 Å². The molecule has 180 valence electrons. The molecule has 0 saturated heterocycles. The van der Waals surface area contributed by atoms with Gasteiger partial charge in [0.2, 0.25) is 0 Å². The summed E-state index contributed by atoms with van der Waals surface area (Å²) in [5, 5.41) is 13.3. The first-order valence-electron chi connectivity index (χ1n) is 10.5. The summed E-state index contributed by atoms with van der Waals surface area (Å²) in [6, 6.07) is 5.76. The molecule has 1 aliphatic rings. The summed E-state index contributed by atoms with van der Waals surface area (Å²) in [4.78, 5) is 19.5. The first kappa shape index (κ1) is 23.6. The number of hydrogen-bond acceptors (Lipinski definition) is 6. The van der Waals surface area contributed by atoms with Crippen LogP contribution in [0.25, 0.3) is 11.1 Å². The molecule has 3 aromatic rings. The topological polar surface area (TPSA) is 89.7 Å². The molecule has 1 aliphatic heterocycles. The summed E-state index contributed by atoms with van der Waals surface area (Å²) in [6.07, 6.45) is -1.93. The van der Waals surface area contributed by atoms with Crippen molar-refractivity contribution in [3.05, 3.63) is 59.2 Å². The highest BCUT2D eigenvalue weighted by molar-refractivity contribution is 6.00. The van der Waals surface area contributed by atoms with Crippen molar-refractivity contribution >= 4 is 5.91 Å². The second-order valence-corrected chi connectivity index (χ2v) is 7.88. The number of aliphatic hydroxyl groups excluding tert-OH is 1. The van der Waals surface area contributed by atoms with Crippen molar-refractivity contribution < 1.29 is 32.5 Å². The van der Waals surface area contributed by atoms with Crippen LogP contribution in [0.1, 0.15) is 40.3 Å². The van der Waals surface area contributed by atoms with Crippen molar-refractivity contribution in [3.8, 4) is 22.6 Å². The minimum Gasteiger partial charge on any atom is -0.497 e. The Morgan fingerprint density at radius 2 is 1.97 bits per heavy atom. The molecule has 0 unspecified atom stereocenters. The summed E-state index contributed by atoms with van der Waals surface area (Å²) in [5.74, 6) is 0.157. The molecule has 1 atom stereocenters. The van der Waals surface area contributed by atoms with Gasteiger partial charge in [-0.2, -0.15) is 18.3 Å². The maximum atomic E-state index is 13.7. The average Bonchev–Trinajstić information content (AvgIpc) is 3.14. The van der Waals surface area contributed by atoms with Gasteiger partial charge >= 0.3 is 6.18 Å². The van der Waals surface area contributed by atoms with Gasteiger partial charge in [-0.25, -0.2) is 0 Å². The van der Waals surface area contributed by atoms with Crippen molar-refractivity contribution in [1.82, 2.24) is 19.7 Å². The number of amides is 1. The van der Waals surface area contributed by atoms with E-state index in [0.717, 1.165) is 4.68 Å². The zero-order valence-electron chi connectivity index (χ0n) is 18.8. The minimum atomic E-state index is -4.72. The molecule has 0 bridgehead atoms. The number of aliphatic hydroxyl groups is 1. The molecule has 3 heterocycles. The van der Waals surface area contributed by atoms with Crippen LogP contribution in [0.2, 0.25) is 0 Å². The fraction of sp³-hybridized carbons (Fsp3) is 0.348.